The van der Waals surface area contributed by atoms with Gasteiger partial charge in [0.2, 0.25) is 0 Å². The van der Waals surface area contributed by atoms with E-state index in [-0.39, 0.29) is 0 Å². The summed E-state index contributed by atoms with van der Waals surface area (Å²) in [5, 5.41) is 9.87. The largest absolute Gasteiger partial charge is 0.390 e. The second kappa shape index (κ2) is 8.24. The van der Waals surface area contributed by atoms with Gasteiger partial charge >= 0.3 is 0 Å². The Morgan fingerprint density at radius 2 is 2.00 bits per heavy atom. The van der Waals surface area contributed by atoms with Crippen molar-refractivity contribution in [2.45, 2.75) is 12.7 Å². The van der Waals surface area contributed by atoms with Crippen molar-refractivity contribution in [3.8, 4) is 0 Å². The number of hydrogen-bond donors (Lipinski definition) is 2. The van der Waals surface area contributed by atoms with Crippen molar-refractivity contribution in [1.82, 2.24) is 10.4 Å². The van der Waals surface area contributed by atoms with E-state index in [1.807, 2.05) is 30.3 Å². The van der Waals surface area contributed by atoms with Gasteiger partial charge in [0, 0.05) is 26.2 Å². The molecule has 1 aliphatic rings. The Hall–Kier alpha value is -0.980. The number of nitrogens with zero attached hydrogens (tertiary/aromatic N) is 1. The molecule has 1 aromatic rings. The summed E-state index contributed by atoms with van der Waals surface area (Å²) in [4.78, 5) is 7.53. The number of morpholine rings is 1. The molecule has 1 aliphatic heterocycles. The van der Waals surface area contributed by atoms with Crippen LogP contribution in [0.4, 0.5) is 0 Å². The van der Waals surface area contributed by atoms with Gasteiger partial charge in [-0.15, -0.1) is 0 Å². The van der Waals surface area contributed by atoms with E-state index >= 15 is 0 Å². The molecule has 0 radical (unpaired) electrons. The van der Waals surface area contributed by atoms with Crippen molar-refractivity contribution in [3.05, 3.63) is 35.9 Å². The van der Waals surface area contributed by atoms with Crippen molar-refractivity contribution in [3.63, 3.8) is 0 Å². The summed E-state index contributed by atoms with van der Waals surface area (Å²) in [6.07, 6.45) is -0.422. The molecular formula is C14H22N2O3. The minimum Gasteiger partial charge on any atom is -0.390 e. The molecule has 0 aliphatic carbocycles. The van der Waals surface area contributed by atoms with Crippen LogP contribution in [0.5, 0.6) is 0 Å². The Balaban J connectivity index is 1.55. The van der Waals surface area contributed by atoms with Crippen molar-refractivity contribution in [1.29, 1.82) is 0 Å². The summed E-state index contributed by atoms with van der Waals surface area (Å²) >= 11 is 0. The molecule has 106 valence electrons. The lowest BCUT2D eigenvalue weighted by molar-refractivity contribution is -0.0178. The molecule has 0 amide bonds. The third-order valence-corrected chi connectivity index (χ3v) is 3.08. The maximum atomic E-state index is 9.87. The third-order valence-electron chi connectivity index (χ3n) is 3.08. The van der Waals surface area contributed by atoms with Gasteiger partial charge in [-0.3, -0.25) is 9.74 Å². The summed E-state index contributed by atoms with van der Waals surface area (Å²) in [5.74, 6) is 0. The average molecular weight is 266 g/mol. The number of nitrogens with one attached hydrogen (secondary N) is 1. The maximum Gasteiger partial charge on any atom is 0.0933 e. The highest BCUT2D eigenvalue weighted by molar-refractivity contribution is 5.13. The van der Waals surface area contributed by atoms with E-state index in [0.717, 1.165) is 31.9 Å². The molecule has 0 aromatic heterocycles. The van der Waals surface area contributed by atoms with E-state index in [1.54, 1.807) is 0 Å². The first kappa shape index (κ1) is 14.4. The summed E-state index contributed by atoms with van der Waals surface area (Å²) in [6.45, 7) is 4.89. The Labute approximate surface area is 114 Å². The number of hydroxylamine groups is 1. The van der Waals surface area contributed by atoms with Crippen LogP contribution < -0.4 is 5.48 Å². The van der Waals surface area contributed by atoms with Crippen LogP contribution in [0.1, 0.15) is 5.56 Å². The number of rotatable bonds is 7. The summed E-state index contributed by atoms with van der Waals surface area (Å²) < 4.78 is 5.27. The number of β-amino-alcohol motifs (C(OH)–C–C–N with tert-alkyl or cyclic N) is 1. The Morgan fingerprint density at radius 1 is 1.26 bits per heavy atom. The number of benzene rings is 1. The van der Waals surface area contributed by atoms with Crippen LogP contribution in [0, 0.1) is 0 Å². The monoisotopic (exact) mass is 266 g/mol. The second-order valence-corrected chi connectivity index (χ2v) is 4.69. The van der Waals surface area contributed by atoms with Gasteiger partial charge in [-0.25, -0.2) is 0 Å². The van der Waals surface area contributed by atoms with E-state index in [9.17, 15) is 5.11 Å². The zero-order valence-electron chi connectivity index (χ0n) is 11.1. The molecule has 0 bridgehead atoms. The molecule has 0 saturated carbocycles. The zero-order valence-corrected chi connectivity index (χ0v) is 11.1. The number of aliphatic hydroxyl groups is 1. The van der Waals surface area contributed by atoms with Crippen molar-refractivity contribution < 1.29 is 14.7 Å². The normalized spacial score (nSPS) is 18.4. The molecule has 2 rings (SSSR count). The molecule has 0 spiro atoms. The summed E-state index contributed by atoms with van der Waals surface area (Å²) in [6, 6.07) is 9.94. The van der Waals surface area contributed by atoms with Gasteiger partial charge < -0.3 is 9.84 Å². The number of hydrogen-bond acceptors (Lipinski definition) is 5. The third kappa shape index (κ3) is 5.67. The van der Waals surface area contributed by atoms with Crippen LogP contribution in [0.15, 0.2) is 30.3 Å². The predicted molar refractivity (Wildman–Crippen MR) is 72.5 cm³/mol. The first-order chi connectivity index (χ1) is 9.34. The molecule has 5 nitrogen and oxygen atoms in total. The van der Waals surface area contributed by atoms with Gasteiger partial charge in [-0.1, -0.05) is 30.3 Å². The van der Waals surface area contributed by atoms with E-state index in [2.05, 4.69) is 10.4 Å². The molecule has 1 unspecified atom stereocenters. The lowest BCUT2D eigenvalue weighted by Crippen LogP contribution is -2.43. The molecule has 19 heavy (non-hydrogen) atoms. The highest BCUT2D eigenvalue weighted by Crippen LogP contribution is 2.00. The number of aliphatic hydroxyl groups excluding tert-OH is 1. The van der Waals surface area contributed by atoms with Gasteiger partial charge in [0.1, 0.15) is 0 Å². The van der Waals surface area contributed by atoms with Crippen LogP contribution >= 0.6 is 0 Å². The first-order valence-electron chi connectivity index (χ1n) is 6.71. The standard InChI is InChI=1S/C14H22N2O3/c17-14(11-16-6-8-18-9-7-16)10-15-19-12-13-4-2-1-3-5-13/h1-5,14-15,17H,6-12H2. The van der Waals surface area contributed by atoms with E-state index in [0.29, 0.717) is 19.7 Å². The van der Waals surface area contributed by atoms with Crippen molar-refractivity contribution in [2.75, 3.05) is 39.4 Å². The molecule has 1 heterocycles. The average Bonchev–Trinajstić information content (AvgIpc) is 2.46. The van der Waals surface area contributed by atoms with Gasteiger partial charge in [-0.2, -0.15) is 5.48 Å². The van der Waals surface area contributed by atoms with Gasteiger partial charge in [0.25, 0.3) is 0 Å². The quantitative estimate of drug-likeness (QED) is 0.553. The zero-order chi connectivity index (χ0) is 13.3. The van der Waals surface area contributed by atoms with Crippen LogP contribution in [-0.2, 0) is 16.2 Å². The molecule has 5 heteroatoms. The smallest absolute Gasteiger partial charge is 0.0933 e. The second-order valence-electron chi connectivity index (χ2n) is 4.69. The van der Waals surface area contributed by atoms with Crippen LogP contribution in [0.3, 0.4) is 0 Å². The Morgan fingerprint density at radius 3 is 2.74 bits per heavy atom. The predicted octanol–water partition coefficient (Wildman–Crippen LogP) is 0.401. The lowest BCUT2D eigenvalue weighted by atomic mass is 10.2. The highest BCUT2D eigenvalue weighted by atomic mass is 16.6. The molecule has 1 saturated heterocycles. The fourth-order valence-corrected chi connectivity index (χ4v) is 2.01. The number of ether oxygens (including phenoxy) is 1. The SMILES string of the molecule is OC(CNOCc1ccccc1)CN1CCOCC1. The Bertz CT molecular complexity index is 342. The fraction of sp³-hybridized carbons (Fsp3) is 0.571. The maximum absolute atomic E-state index is 9.87. The topological polar surface area (TPSA) is 54.0 Å². The molecule has 1 fully saturated rings. The molecule has 2 N–H and O–H groups in total. The minimum absolute atomic E-state index is 0.422. The first-order valence-corrected chi connectivity index (χ1v) is 6.71. The summed E-state index contributed by atoms with van der Waals surface area (Å²) in [5.41, 5.74) is 3.92. The Kier molecular flexibility index (Phi) is 6.26. The summed E-state index contributed by atoms with van der Waals surface area (Å²) in [7, 11) is 0. The van der Waals surface area contributed by atoms with Crippen molar-refractivity contribution in [2.24, 2.45) is 0 Å². The van der Waals surface area contributed by atoms with E-state index < -0.39 is 6.10 Å². The van der Waals surface area contributed by atoms with E-state index in [4.69, 9.17) is 9.57 Å². The van der Waals surface area contributed by atoms with E-state index in [1.165, 1.54) is 0 Å². The van der Waals surface area contributed by atoms with Crippen molar-refractivity contribution >= 4 is 0 Å². The van der Waals surface area contributed by atoms with Gasteiger partial charge in [0.05, 0.1) is 25.9 Å². The fourth-order valence-electron chi connectivity index (χ4n) is 2.01. The highest BCUT2D eigenvalue weighted by Gasteiger charge is 2.14. The lowest BCUT2D eigenvalue weighted by Gasteiger charge is -2.28. The van der Waals surface area contributed by atoms with Crippen LogP contribution in [-0.4, -0.2) is 55.5 Å². The molecular weight excluding hydrogens is 244 g/mol. The van der Waals surface area contributed by atoms with Crippen LogP contribution in [0.2, 0.25) is 0 Å². The molecule has 1 aromatic carbocycles. The van der Waals surface area contributed by atoms with Gasteiger partial charge in [0.15, 0.2) is 0 Å². The van der Waals surface area contributed by atoms with Crippen LogP contribution in [0.25, 0.3) is 0 Å². The minimum atomic E-state index is -0.422. The molecule has 1 atom stereocenters. The van der Waals surface area contributed by atoms with Gasteiger partial charge in [-0.05, 0) is 5.56 Å².